The fourth-order valence-electron chi connectivity index (χ4n) is 7.03. The van der Waals surface area contributed by atoms with Crippen LogP contribution in [0.5, 0.6) is 0 Å². The van der Waals surface area contributed by atoms with Crippen LogP contribution in [0.2, 0.25) is 0 Å². The quantitative estimate of drug-likeness (QED) is 0.0807. The molecule has 0 aliphatic heterocycles. The summed E-state index contributed by atoms with van der Waals surface area (Å²) >= 11 is 0. The Morgan fingerprint density at radius 2 is 0.825 bits per heavy atom. The van der Waals surface area contributed by atoms with Gasteiger partial charge < -0.3 is 20.5 Å². The zero-order chi connectivity index (χ0) is 43.6. The number of benzene rings is 6. The van der Waals surface area contributed by atoms with Gasteiger partial charge in [-0.1, -0.05) is 170 Å². The first kappa shape index (κ1) is 43.1. The lowest BCUT2D eigenvalue weighted by atomic mass is 10.0. The fourth-order valence-corrected chi connectivity index (χ4v) is 7.03. The van der Waals surface area contributed by atoms with Crippen molar-refractivity contribution in [3.63, 3.8) is 0 Å². The summed E-state index contributed by atoms with van der Waals surface area (Å²) in [5.74, 6) is -0.190. The van der Waals surface area contributed by atoms with Crippen molar-refractivity contribution in [2.45, 2.75) is 37.8 Å². The first-order valence-electron chi connectivity index (χ1n) is 20.7. The number of carboxylic acid groups (broad SMARTS) is 1. The smallest absolute Gasteiger partial charge is 0.328 e. The van der Waals surface area contributed by atoms with Crippen LogP contribution in [0.15, 0.2) is 195 Å². The normalized spacial score (nSPS) is 11.6. The Morgan fingerprint density at radius 3 is 1.21 bits per heavy atom. The Balaban J connectivity index is 0.000000189. The molecule has 2 aromatic heterocycles. The molecule has 6 aromatic carbocycles. The number of rotatable bonds is 16. The first-order valence-corrected chi connectivity index (χ1v) is 20.7. The molecule has 3 N–H and O–H groups in total. The lowest BCUT2D eigenvalue weighted by Gasteiger charge is -2.17. The minimum absolute atomic E-state index is 0.334. The highest BCUT2D eigenvalue weighted by Crippen LogP contribution is 2.23. The van der Waals surface area contributed by atoms with E-state index in [1.54, 1.807) is 6.07 Å². The molecule has 0 aliphatic rings. The maximum atomic E-state index is 12.3. The van der Waals surface area contributed by atoms with E-state index in [0.29, 0.717) is 24.5 Å². The Labute approximate surface area is 367 Å². The fraction of sp³-hybridized carbons (Fsp3) is 0.132. The van der Waals surface area contributed by atoms with Crippen LogP contribution in [0.1, 0.15) is 33.4 Å². The number of hydrogen-bond acceptors (Lipinski definition) is 9. The monoisotopic (exact) mass is 832 g/mol. The van der Waals surface area contributed by atoms with Gasteiger partial charge in [-0.05, 0) is 46.2 Å². The number of ether oxygens (including phenoxy) is 1. The van der Waals surface area contributed by atoms with E-state index in [1.807, 2.05) is 103 Å². The van der Waals surface area contributed by atoms with Gasteiger partial charge in [0.25, 0.3) is 0 Å². The number of nitrogens with zero attached hydrogens (tertiary/aromatic N) is 4. The molecule has 2 atom stereocenters. The molecule has 0 saturated carbocycles. The topological polar surface area (TPSA) is 139 Å². The summed E-state index contributed by atoms with van der Waals surface area (Å²) in [7, 11) is 1.39. The molecule has 0 aliphatic carbocycles. The second-order valence-corrected chi connectivity index (χ2v) is 14.9. The van der Waals surface area contributed by atoms with Crippen molar-refractivity contribution in [2.75, 3.05) is 17.7 Å². The molecule has 0 radical (unpaired) electrons. The number of anilines is 2. The van der Waals surface area contributed by atoms with Gasteiger partial charge in [-0.3, -0.25) is 0 Å². The van der Waals surface area contributed by atoms with Crippen molar-refractivity contribution in [3.05, 3.63) is 228 Å². The highest BCUT2D eigenvalue weighted by Gasteiger charge is 2.21. The standard InChI is InChI=1S/C27H25N3O2.C26H23N3O2/c1-32-27(31)25(17-21-10-6-3-7-11-21)30-26-18-24(28-19-29-26)23-14-12-22(13-15-23)16-20-8-4-2-5-9-20;30-26(31)24(16-20-9-5-2-6-10-20)29-25-17-23(27-18-28-25)22-13-11-21(12-14-22)15-19-7-3-1-4-8-19/h2-15,18-19,25H,16-17H2,1H3,(H,28,29,30);1-14,17-18,24H,15-16H2,(H,30,31)(H,27,28,29). The summed E-state index contributed by atoms with van der Waals surface area (Å²) < 4.78 is 4.99. The molecule has 8 rings (SSSR count). The van der Waals surface area contributed by atoms with Gasteiger partial charge in [0.2, 0.25) is 0 Å². The summed E-state index contributed by atoms with van der Waals surface area (Å²) in [5.41, 5.74) is 10.5. The van der Waals surface area contributed by atoms with Gasteiger partial charge >= 0.3 is 11.9 Å². The van der Waals surface area contributed by atoms with Crippen molar-refractivity contribution < 1.29 is 19.4 Å². The number of nitrogens with one attached hydrogen (secondary N) is 2. The molecule has 0 amide bonds. The van der Waals surface area contributed by atoms with Crippen molar-refractivity contribution in [1.29, 1.82) is 0 Å². The maximum Gasteiger partial charge on any atom is 0.328 e. The maximum absolute atomic E-state index is 12.3. The molecule has 0 spiro atoms. The molecule has 314 valence electrons. The SMILES string of the molecule is COC(=O)C(Cc1ccccc1)Nc1cc(-c2ccc(Cc3ccccc3)cc2)ncn1.O=C(O)C(Cc1ccccc1)Nc1cc(-c2ccc(Cc3ccccc3)cc2)ncn1. The summed E-state index contributed by atoms with van der Waals surface area (Å²) in [6, 6.07) is 59.0. The summed E-state index contributed by atoms with van der Waals surface area (Å²) in [6.45, 7) is 0. The highest BCUT2D eigenvalue weighted by molar-refractivity contribution is 5.80. The van der Waals surface area contributed by atoms with Gasteiger partial charge in [0.15, 0.2) is 0 Å². The third kappa shape index (κ3) is 13.0. The number of carboxylic acids is 1. The minimum Gasteiger partial charge on any atom is -0.480 e. The number of aromatic nitrogens is 4. The van der Waals surface area contributed by atoms with Crippen LogP contribution in [-0.4, -0.2) is 56.2 Å². The average molecular weight is 833 g/mol. The Bertz CT molecular complexity index is 2650. The van der Waals surface area contributed by atoms with E-state index in [1.165, 1.54) is 42.0 Å². The summed E-state index contributed by atoms with van der Waals surface area (Å²) in [6.07, 6.45) is 5.59. The number of methoxy groups -OCH3 is 1. The van der Waals surface area contributed by atoms with Crippen LogP contribution in [0.3, 0.4) is 0 Å². The van der Waals surface area contributed by atoms with Crippen LogP contribution in [0.25, 0.3) is 22.5 Å². The van der Waals surface area contributed by atoms with E-state index < -0.39 is 18.1 Å². The van der Waals surface area contributed by atoms with Crippen molar-refractivity contribution in [3.8, 4) is 22.5 Å². The lowest BCUT2D eigenvalue weighted by molar-refractivity contribution is -0.141. The molecular formula is C53H48N6O4. The lowest BCUT2D eigenvalue weighted by Crippen LogP contribution is -2.33. The van der Waals surface area contributed by atoms with Crippen molar-refractivity contribution >= 4 is 23.6 Å². The molecule has 10 nitrogen and oxygen atoms in total. The molecule has 0 saturated heterocycles. The van der Waals surface area contributed by atoms with Crippen LogP contribution < -0.4 is 10.6 Å². The number of esters is 1. The van der Waals surface area contributed by atoms with Crippen LogP contribution in [-0.2, 0) is 40.0 Å². The molecule has 0 bridgehead atoms. The van der Waals surface area contributed by atoms with Crippen molar-refractivity contribution in [2.24, 2.45) is 0 Å². The number of carbonyl (C=O) groups excluding carboxylic acids is 1. The third-order valence-corrected chi connectivity index (χ3v) is 10.3. The van der Waals surface area contributed by atoms with Gasteiger partial charge in [-0.15, -0.1) is 0 Å². The van der Waals surface area contributed by atoms with Crippen LogP contribution in [0, 0.1) is 0 Å². The van der Waals surface area contributed by atoms with Gasteiger partial charge in [-0.2, -0.15) is 0 Å². The van der Waals surface area contributed by atoms with E-state index in [2.05, 4.69) is 103 Å². The molecule has 8 aromatic rings. The molecule has 63 heavy (non-hydrogen) atoms. The zero-order valence-electron chi connectivity index (χ0n) is 34.9. The Morgan fingerprint density at radius 1 is 0.476 bits per heavy atom. The molecule has 2 unspecified atom stereocenters. The Hall–Kier alpha value is -7.98. The van der Waals surface area contributed by atoms with E-state index >= 15 is 0 Å². The van der Waals surface area contributed by atoms with Gasteiger partial charge in [0.1, 0.15) is 36.4 Å². The molecule has 2 heterocycles. The Kier molecular flexibility index (Phi) is 15.1. The van der Waals surface area contributed by atoms with Crippen LogP contribution in [0.4, 0.5) is 11.6 Å². The second-order valence-electron chi connectivity index (χ2n) is 14.9. The zero-order valence-corrected chi connectivity index (χ0v) is 34.9. The number of aliphatic carboxylic acids is 1. The average Bonchev–Trinajstić information content (AvgIpc) is 3.33. The first-order chi connectivity index (χ1) is 30.9. The molecule has 0 fully saturated rings. The van der Waals surface area contributed by atoms with E-state index in [0.717, 1.165) is 46.5 Å². The highest BCUT2D eigenvalue weighted by atomic mass is 16.5. The molecule has 10 heteroatoms. The predicted octanol–water partition coefficient (Wildman–Crippen LogP) is 9.77. The third-order valence-electron chi connectivity index (χ3n) is 10.3. The van der Waals surface area contributed by atoms with Crippen LogP contribution >= 0.6 is 0 Å². The number of carbonyl (C=O) groups is 2. The second kappa shape index (κ2) is 22.0. The summed E-state index contributed by atoms with van der Waals surface area (Å²) in [4.78, 5) is 41.4. The van der Waals surface area contributed by atoms with Gasteiger partial charge in [0.05, 0.1) is 18.5 Å². The van der Waals surface area contributed by atoms with Crippen molar-refractivity contribution in [1.82, 2.24) is 19.9 Å². The molecular weight excluding hydrogens is 785 g/mol. The predicted molar refractivity (Wildman–Crippen MR) is 248 cm³/mol. The summed E-state index contributed by atoms with van der Waals surface area (Å²) in [5, 5.41) is 15.9. The van der Waals surface area contributed by atoms with E-state index in [9.17, 15) is 14.7 Å². The van der Waals surface area contributed by atoms with E-state index in [-0.39, 0.29) is 5.97 Å². The minimum atomic E-state index is -0.922. The van der Waals surface area contributed by atoms with Gasteiger partial charge in [0, 0.05) is 36.1 Å². The van der Waals surface area contributed by atoms with E-state index in [4.69, 9.17) is 4.74 Å². The van der Waals surface area contributed by atoms with Gasteiger partial charge in [-0.25, -0.2) is 29.5 Å². The largest absolute Gasteiger partial charge is 0.480 e. The number of hydrogen-bond donors (Lipinski definition) is 3.